The zero-order valence-corrected chi connectivity index (χ0v) is 39.7. The first-order valence-corrected chi connectivity index (χ1v) is 24.8. The summed E-state index contributed by atoms with van der Waals surface area (Å²) in [6.07, 6.45) is 0. The number of fused-ring (bicyclic) bond motifs is 15. The minimum absolute atomic E-state index is 0.0494. The van der Waals surface area contributed by atoms with Gasteiger partial charge in [0, 0.05) is 60.1 Å². The Labute approximate surface area is 438 Å². The Morgan fingerprint density at radius 2 is 0.800 bits per heavy atom. The molecule has 16 rings (SSSR count). The molecule has 0 bridgehead atoms. The summed E-state index contributed by atoms with van der Waals surface area (Å²) in [6.45, 7) is 0. The highest BCUT2D eigenvalue weighted by molar-refractivity contribution is 6.26. The molecule has 0 amide bonds. The second-order valence-corrected chi connectivity index (χ2v) is 18.9. The molecule has 0 aliphatic heterocycles. The summed E-state index contributed by atoms with van der Waals surface area (Å²) in [5.74, 6) is 0.993. The molecule has 4 heterocycles. The van der Waals surface area contributed by atoms with Gasteiger partial charge in [-0.25, -0.2) is 15.0 Å². The molecule has 6 nitrogen and oxygen atoms in total. The van der Waals surface area contributed by atoms with Crippen molar-refractivity contribution in [1.29, 1.82) is 0 Å². The van der Waals surface area contributed by atoms with E-state index in [0.29, 0.717) is 28.5 Å². The average Bonchev–Trinajstić information content (AvgIpc) is 3.22. The lowest BCUT2D eigenvalue weighted by atomic mass is 9.93. The molecule has 0 aliphatic rings. The SMILES string of the molecule is [2H]c1cc([2H])c2c(c1[2H])c1c([2H])c([2H])c([2H])c([2H])c1n2-c1ccccc1-c1nc(-c2cccc(-c3cccc4c3oc3ccc(-c5cccc6c5oc5ccccc56)cc34)c2)nc(-c2ccc3c4ccccc4c4ccccc4c3c2)n1. The minimum Gasteiger partial charge on any atom is -0.455 e. The van der Waals surface area contributed by atoms with Crippen LogP contribution < -0.4 is 0 Å². The van der Waals surface area contributed by atoms with Crippen molar-refractivity contribution in [3.8, 4) is 62.1 Å². The van der Waals surface area contributed by atoms with Gasteiger partial charge in [0.1, 0.15) is 22.3 Å². The molecule has 6 heteroatoms. The number of furan rings is 2. The summed E-state index contributed by atoms with van der Waals surface area (Å²) in [4.78, 5) is 15.9. The fourth-order valence-corrected chi connectivity index (χ4v) is 11.4. The monoisotopic (exact) mass is 963 g/mol. The van der Waals surface area contributed by atoms with Crippen LogP contribution in [-0.4, -0.2) is 19.5 Å². The quantitative estimate of drug-likeness (QED) is 0.155. The molecular weight excluding hydrogens is 917 g/mol. The van der Waals surface area contributed by atoms with Crippen LogP contribution in [0.2, 0.25) is 0 Å². The molecular formula is C69H40N4O2. The average molecular weight is 964 g/mol. The number of aromatic nitrogens is 4. The summed E-state index contributed by atoms with van der Waals surface area (Å²) in [5, 5.41) is 10.8. The summed E-state index contributed by atoms with van der Waals surface area (Å²) >= 11 is 0. The van der Waals surface area contributed by atoms with Gasteiger partial charge in [-0.05, 0) is 98.0 Å². The van der Waals surface area contributed by atoms with E-state index in [1.54, 1.807) is 16.7 Å². The van der Waals surface area contributed by atoms with E-state index < -0.39 is 12.1 Å². The van der Waals surface area contributed by atoms with E-state index in [9.17, 15) is 2.74 Å². The summed E-state index contributed by atoms with van der Waals surface area (Å²) in [5.41, 5.74) is 9.40. The number of nitrogens with zero attached hydrogens (tertiary/aromatic N) is 4. The Hall–Kier alpha value is -10.2. The fraction of sp³-hybridized carbons (Fsp3) is 0. The lowest BCUT2D eigenvalue weighted by Crippen LogP contribution is -2.03. The van der Waals surface area contributed by atoms with Crippen molar-refractivity contribution in [1.82, 2.24) is 19.5 Å². The van der Waals surface area contributed by atoms with Gasteiger partial charge in [0.25, 0.3) is 0 Å². The van der Waals surface area contributed by atoms with Gasteiger partial charge in [0.2, 0.25) is 0 Å². The van der Waals surface area contributed by atoms with Crippen molar-refractivity contribution in [3.63, 3.8) is 0 Å². The second kappa shape index (κ2) is 16.2. The van der Waals surface area contributed by atoms with Crippen LogP contribution in [0.5, 0.6) is 0 Å². The van der Waals surface area contributed by atoms with Gasteiger partial charge in [-0.1, -0.05) is 188 Å². The zero-order valence-electron chi connectivity index (χ0n) is 46.7. The third kappa shape index (κ3) is 6.36. The van der Waals surface area contributed by atoms with Crippen LogP contribution in [0.4, 0.5) is 0 Å². The Bertz CT molecular complexity index is 5440. The predicted molar refractivity (Wildman–Crippen MR) is 308 cm³/mol. The first-order chi connectivity index (χ1) is 40.1. The van der Waals surface area contributed by atoms with Gasteiger partial charge >= 0.3 is 0 Å². The molecule has 0 fully saturated rings. The molecule has 0 saturated heterocycles. The van der Waals surface area contributed by atoms with E-state index in [4.69, 9.17) is 30.6 Å². The Balaban J connectivity index is 0.902. The van der Waals surface area contributed by atoms with E-state index in [1.807, 2.05) is 72.8 Å². The van der Waals surface area contributed by atoms with E-state index in [2.05, 4.69) is 109 Å². The number of hydrogen-bond donors (Lipinski definition) is 0. The molecule has 0 spiro atoms. The van der Waals surface area contributed by atoms with Crippen LogP contribution in [0.3, 0.4) is 0 Å². The largest absolute Gasteiger partial charge is 0.455 e. The summed E-state index contributed by atoms with van der Waals surface area (Å²) in [6, 6.07) is 64.2. The predicted octanol–water partition coefficient (Wildman–Crippen LogP) is 18.6. The van der Waals surface area contributed by atoms with Crippen LogP contribution in [0.25, 0.3) is 160 Å². The van der Waals surface area contributed by atoms with Gasteiger partial charge in [0.15, 0.2) is 17.5 Å². The molecule has 0 N–H and O–H groups in total. The van der Waals surface area contributed by atoms with Crippen molar-refractivity contribution in [2.75, 3.05) is 0 Å². The van der Waals surface area contributed by atoms with Crippen LogP contribution in [0, 0.1) is 0 Å². The van der Waals surface area contributed by atoms with Crippen molar-refractivity contribution in [2.24, 2.45) is 0 Å². The minimum atomic E-state index is -0.477. The molecule has 75 heavy (non-hydrogen) atoms. The van der Waals surface area contributed by atoms with Crippen molar-refractivity contribution < 1.29 is 18.4 Å². The van der Waals surface area contributed by atoms with E-state index in [1.165, 1.54) is 6.07 Å². The van der Waals surface area contributed by atoms with Crippen LogP contribution >= 0.6 is 0 Å². The topological polar surface area (TPSA) is 69.9 Å². The summed E-state index contributed by atoms with van der Waals surface area (Å²) in [7, 11) is 0. The maximum absolute atomic E-state index is 9.31. The molecule has 0 saturated carbocycles. The first-order valence-electron chi connectivity index (χ1n) is 28.3. The van der Waals surface area contributed by atoms with Gasteiger partial charge in [-0.2, -0.15) is 0 Å². The molecule has 4 aromatic heterocycles. The van der Waals surface area contributed by atoms with Gasteiger partial charge in [-0.15, -0.1) is 0 Å². The highest BCUT2D eigenvalue weighted by Crippen LogP contribution is 2.43. The van der Waals surface area contributed by atoms with Gasteiger partial charge in [0.05, 0.1) is 26.3 Å². The van der Waals surface area contributed by atoms with Crippen LogP contribution in [0.1, 0.15) is 9.60 Å². The first kappa shape index (κ1) is 35.0. The van der Waals surface area contributed by atoms with Gasteiger partial charge < -0.3 is 13.4 Å². The normalized spacial score (nSPS) is 13.3. The maximum atomic E-state index is 9.31. The maximum Gasteiger partial charge on any atom is 0.166 e. The van der Waals surface area contributed by atoms with Crippen LogP contribution in [-0.2, 0) is 0 Å². The molecule has 0 aliphatic carbocycles. The van der Waals surface area contributed by atoms with Gasteiger partial charge in [-0.3, -0.25) is 0 Å². The second-order valence-electron chi connectivity index (χ2n) is 18.9. The van der Waals surface area contributed by atoms with E-state index >= 15 is 0 Å². The standard InChI is InChI=1S/C69H40N4O2/c1-2-20-49-47(18-1)48-19-3-4-21-50(48)58-40-44(34-36-51(49)58)68-70-67(71-69(72-68)57-25-7-11-32-62(57)73-60-30-9-5-22-52(60)53-23-6-10-31-61(53)73)43-17-13-16-41(38-43)45-26-15-29-56-59-39-42(35-37-64(59)75-66(45)56)46-27-14-28-55-54-24-8-12-33-63(54)74-65(46)55/h1-40H/i5D,6D,9D,22D,23D,30D,31D. The number of hydrogen-bond acceptors (Lipinski definition) is 5. The van der Waals surface area contributed by atoms with Crippen molar-refractivity contribution in [3.05, 3.63) is 242 Å². The molecule has 12 aromatic carbocycles. The van der Waals surface area contributed by atoms with Crippen molar-refractivity contribution in [2.45, 2.75) is 0 Å². The number of para-hydroxylation sites is 6. The molecule has 0 radical (unpaired) electrons. The third-order valence-corrected chi connectivity index (χ3v) is 14.7. The lowest BCUT2D eigenvalue weighted by Gasteiger charge is -2.15. The highest BCUT2D eigenvalue weighted by Gasteiger charge is 2.22. The van der Waals surface area contributed by atoms with E-state index in [-0.39, 0.29) is 57.8 Å². The Morgan fingerprint density at radius 3 is 1.56 bits per heavy atom. The van der Waals surface area contributed by atoms with E-state index in [0.717, 1.165) is 104 Å². The molecule has 0 unspecified atom stereocenters. The Morgan fingerprint density at radius 1 is 0.307 bits per heavy atom. The number of rotatable bonds is 6. The van der Waals surface area contributed by atoms with Crippen LogP contribution in [0.15, 0.2) is 251 Å². The Kier molecular flexibility index (Phi) is 7.55. The lowest BCUT2D eigenvalue weighted by molar-refractivity contribution is 0.669. The third-order valence-electron chi connectivity index (χ3n) is 14.7. The number of benzene rings is 12. The zero-order chi connectivity index (χ0) is 55.2. The summed E-state index contributed by atoms with van der Waals surface area (Å²) < 4.78 is 77.8. The molecule has 348 valence electrons. The molecule has 16 aromatic rings. The highest BCUT2D eigenvalue weighted by atomic mass is 16.3. The fourth-order valence-electron chi connectivity index (χ4n) is 11.4. The van der Waals surface area contributed by atoms with Crippen molar-refractivity contribution >= 4 is 98.0 Å². The smallest absolute Gasteiger partial charge is 0.166 e. The molecule has 0 atom stereocenters.